The average Bonchev–Trinajstić information content (AvgIpc) is 2.97. The maximum absolute atomic E-state index is 13.9. The number of sulfonamides is 1. The van der Waals surface area contributed by atoms with E-state index in [0.717, 1.165) is 11.1 Å². The van der Waals surface area contributed by atoms with Crippen molar-refractivity contribution in [1.29, 1.82) is 0 Å². The fourth-order valence-electron chi connectivity index (χ4n) is 4.42. The summed E-state index contributed by atoms with van der Waals surface area (Å²) in [5, 5.41) is 3.57. The molecule has 0 aromatic heterocycles. The second-order valence-electron chi connectivity index (χ2n) is 10.2. The van der Waals surface area contributed by atoms with E-state index in [1.807, 2.05) is 56.3 Å². The molecule has 0 aliphatic carbocycles. The Hall–Kier alpha value is -3.24. The first-order valence-corrected chi connectivity index (χ1v) is 16.0. The first-order valence-electron chi connectivity index (χ1n) is 14.2. The molecule has 0 radical (unpaired) electrons. The predicted octanol–water partition coefficient (Wildman–Crippen LogP) is 5.27. The number of halogens is 1. The van der Waals surface area contributed by atoms with Crippen LogP contribution in [-0.2, 0) is 37.3 Å². The SMILES string of the molecule is CCNS(=O)(=O)c1ccc(CCC(=O)N(Cc2ccc(Cl)cc2)[C@H](C(=O)NCCCOC(C)C)c2ccccc2)cc1. The van der Waals surface area contributed by atoms with Crippen LogP contribution in [0.3, 0.4) is 0 Å². The molecule has 42 heavy (non-hydrogen) atoms. The van der Waals surface area contributed by atoms with E-state index in [0.29, 0.717) is 43.1 Å². The number of nitrogens with zero attached hydrogens (tertiary/aromatic N) is 1. The van der Waals surface area contributed by atoms with E-state index in [1.54, 1.807) is 36.1 Å². The average molecular weight is 614 g/mol. The Bertz CT molecular complexity index is 1380. The van der Waals surface area contributed by atoms with Crippen molar-refractivity contribution in [2.75, 3.05) is 19.7 Å². The highest BCUT2D eigenvalue weighted by Crippen LogP contribution is 2.26. The summed E-state index contributed by atoms with van der Waals surface area (Å²) in [6.45, 7) is 7.09. The van der Waals surface area contributed by atoms with Gasteiger partial charge in [0.25, 0.3) is 0 Å². The number of ether oxygens (including phenoxy) is 1. The zero-order valence-corrected chi connectivity index (χ0v) is 26.0. The highest BCUT2D eigenvalue weighted by atomic mass is 35.5. The lowest BCUT2D eigenvalue weighted by atomic mass is 10.0. The molecule has 226 valence electrons. The van der Waals surface area contributed by atoms with E-state index in [9.17, 15) is 18.0 Å². The molecule has 0 bridgehead atoms. The van der Waals surface area contributed by atoms with Crippen molar-refractivity contribution in [2.45, 2.75) is 63.6 Å². The molecule has 0 aliphatic rings. The van der Waals surface area contributed by atoms with Crippen LogP contribution in [0.2, 0.25) is 5.02 Å². The van der Waals surface area contributed by atoms with Crippen molar-refractivity contribution in [3.05, 3.63) is 101 Å². The van der Waals surface area contributed by atoms with Crippen LogP contribution in [0, 0.1) is 0 Å². The number of aryl methyl sites for hydroxylation is 1. The molecule has 0 fully saturated rings. The molecule has 3 aromatic rings. The number of carbonyl (C=O) groups is 2. The van der Waals surface area contributed by atoms with Gasteiger partial charge in [0.15, 0.2) is 0 Å². The van der Waals surface area contributed by atoms with E-state index in [1.165, 1.54) is 12.1 Å². The van der Waals surface area contributed by atoms with E-state index in [4.69, 9.17) is 16.3 Å². The molecule has 3 rings (SSSR count). The van der Waals surface area contributed by atoms with Gasteiger partial charge in [-0.05, 0) is 67.6 Å². The molecular weight excluding hydrogens is 574 g/mol. The van der Waals surface area contributed by atoms with E-state index in [-0.39, 0.29) is 35.8 Å². The zero-order chi connectivity index (χ0) is 30.5. The summed E-state index contributed by atoms with van der Waals surface area (Å²) in [5.74, 6) is -0.479. The van der Waals surface area contributed by atoms with Gasteiger partial charge in [0.05, 0.1) is 11.0 Å². The maximum Gasteiger partial charge on any atom is 0.247 e. The fraction of sp³-hybridized carbons (Fsp3) is 0.375. The normalized spacial score (nSPS) is 12.2. The van der Waals surface area contributed by atoms with Crippen LogP contribution in [0.1, 0.15) is 56.3 Å². The summed E-state index contributed by atoms with van der Waals surface area (Å²) in [7, 11) is -3.56. The minimum absolute atomic E-state index is 0.110. The Labute approximate surface area is 254 Å². The van der Waals surface area contributed by atoms with Crippen LogP contribution in [0.15, 0.2) is 83.8 Å². The van der Waals surface area contributed by atoms with Gasteiger partial charge in [-0.3, -0.25) is 9.59 Å². The van der Waals surface area contributed by atoms with Crippen molar-refractivity contribution in [3.8, 4) is 0 Å². The number of carbonyl (C=O) groups excluding carboxylic acids is 2. The molecule has 8 nitrogen and oxygen atoms in total. The van der Waals surface area contributed by atoms with Crippen LogP contribution in [0.4, 0.5) is 0 Å². The second-order valence-corrected chi connectivity index (χ2v) is 12.4. The van der Waals surface area contributed by atoms with Gasteiger partial charge in [0, 0.05) is 37.7 Å². The molecule has 0 saturated carbocycles. The second kappa shape index (κ2) is 16.4. The third-order valence-electron chi connectivity index (χ3n) is 6.53. The summed E-state index contributed by atoms with van der Waals surface area (Å²) < 4.78 is 32.6. The third kappa shape index (κ3) is 10.2. The van der Waals surface area contributed by atoms with Crippen molar-refractivity contribution >= 4 is 33.4 Å². The van der Waals surface area contributed by atoms with Gasteiger partial charge < -0.3 is 15.0 Å². The highest BCUT2D eigenvalue weighted by Gasteiger charge is 2.31. The standard InChI is InChI=1S/C32H40ClN3O5S/c1-4-35-42(39,40)29-18-13-25(14-19-29)15-20-30(37)36(23-26-11-16-28(33)17-12-26)31(27-9-6-5-7-10-27)32(38)34-21-8-22-41-24(2)3/h5-7,9-14,16-19,24,31,35H,4,8,15,20-23H2,1-3H3,(H,34,38)/t31-/m0/s1. The molecular formula is C32H40ClN3O5S. The molecule has 0 spiro atoms. The van der Waals surface area contributed by atoms with Crippen LogP contribution in [0.25, 0.3) is 0 Å². The van der Waals surface area contributed by atoms with Crippen LogP contribution >= 0.6 is 11.6 Å². The van der Waals surface area contributed by atoms with Gasteiger partial charge in [-0.15, -0.1) is 0 Å². The number of benzene rings is 3. The number of rotatable bonds is 16. The van der Waals surface area contributed by atoms with Crippen molar-refractivity contribution in [2.24, 2.45) is 0 Å². The fourth-order valence-corrected chi connectivity index (χ4v) is 5.59. The summed E-state index contributed by atoms with van der Waals surface area (Å²) >= 11 is 6.10. The number of nitrogens with one attached hydrogen (secondary N) is 2. The molecule has 10 heteroatoms. The summed E-state index contributed by atoms with van der Waals surface area (Å²) in [6.07, 6.45) is 1.27. The monoisotopic (exact) mass is 613 g/mol. The van der Waals surface area contributed by atoms with E-state index in [2.05, 4.69) is 10.0 Å². The molecule has 2 amide bonds. The third-order valence-corrected chi connectivity index (χ3v) is 8.34. The van der Waals surface area contributed by atoms with Crippen molar-refractivity contribution in [3.63, 3.8) is 0 Å². The molecule has 0 unspecified atom stereocenters. The first kappa shape index (κ1) is 33.3. The molecule has 0 aliphatic heterocycles. The first-order chi connectivity index (χ1) is 20.1. The van der Waals surface area contributed by atoms with Gasteiger partial charge >= 0.3 is 0 Å². The van der Waals surface area contributed by atoms with Gasteiger partial charge in [0.1, 0.15) is 6.04 Å². The van der Waals surface area contributed by atoms with Gasteiger partial charge in [-0.2, -0.15) is 0 Å². The van der Waals surface area contributed by atoms with Crippen LogP contribution in [-0.4, -0.2) is 50.9 Å². The lowest BCUT2D eigenvalue weighted by Crippen LogP contribution is -2.44. The molecule has 3 aromatic carbocycles. The Morgan fingerprint density at radius 1 is 0.929 bits per heavy atom. The number of amides is 2. The van der Waals surface area contributed by atoms with Gasteiger partial charge in [-0.25, -0.2) is 13.1 Å². The van der Waals surface area contributed by atoms with Crippen molar-refractivity contribution in [1.82, 2.24) is 14.9 Å². The number of hydrogen-bond donors (Lipinski definition) is 2. The predicted molar refractivity (Wildman–Crippen MR) is 166 cm³/mol. The van der Waals surface area contributed by atoms with E-state index >= 15 is 0 Å². The Morgan fingerprint density at radius 3 is 2.19 bits per heavy atom. The minimum Gasteiger partial charge on any atom is -0.379 e. The largest absolute Gasteiger partial charge is 0.379 e. The molecule has 0 heterocycles. The van der Waals surface area contributed by atoms with Crippen molar-refractivity contribution < 1.29 is 22.7 Å². The zero-order valence-electron chi connectivity index (χ0n) is 24.4. The summed E-state index contributed by atoms with van der Waals surface area (Å²) in [4.78, 5) is 29.3. The quantitative estimate of drug-likeness (QED) is 0.214. The lowest BCUT2D eigenvalue weighted by molar-refractivity contribution is -0.141. The molecule has 1 atom stereocenters. The minimum atomic E-state index is -3.56. The lowest BCUT2D eigenvalue weighted by Gasteiger charge is -2.32. The van der Waals surface area contributed by atoms with E-state index < -0.39 is 16.1 Å². The maximum atomic E-state index is 13.9. The van der Waals surface area contributed by atoms with Crippen LogP contribution in [0.5, 0.6) is 0 Å². The van der Waals surface area contributed by atoms with Crippen LogP contribution < -0.4 is 10.0 Å². The Morgan fingerprint density at radius 2 is 1.57 bits per heavy atom. The molecule has 2 N–H and O–H groups in total. The number of hydrogen-bond acceptors (Lipinski definition) is 5. The smallest absolute Gasteiger partial charge is 0.247 e. The molecule has 0 saturated heterocycles. The highest BCUT2D eigenvalue weighted by molar-refractivity contribution is 7.89. The topological polar surface area (TPSA) is 105 Å². The Kier molecular flexibility index (Phi) is 13.0. The van der Waals surface area contributed by atoms with Gasteiger partial charge in [-0.1, -0.05) is 73.1 Å². The summed E-state index contributed by atoms with van der Waals surface area (Å²) in [6, 6.07) is 22.1. The van der Waals surface area contributed by atoms with Gasteiger partial charge in [0.2, 0.25) is 21.8 Å². The summed E-state index contributed by atoms with van der Waals surface area (Å²) in [5.41, 5.74) is 2.36. The Balaban J connectivity index is 1.83.